The molecule has 0 amide bonds. The van der Waals surface area contributed by atoms with E-state index in [9.17, 15) is 5.11 Å². The lowest BCUT2D eigenvalue weighted by atomic mass is 10.2. The average molecular weight is 244 g/mol. The summed E-state index contributed by atoms with van der Waals surface area (Å²) in [5, 5.41) is 12.7. The minimum Gasteiger partial charge on any atom is -0.390 e. The maximum absolute atomic E-state index is 9.72. The fourth-order valence-electron chi connectivity index (χ4n) is 2.14. The van der Waals surface area contributed by atoms with Gasteiger partial charge >= 0.3 is 0 Å². The zero-order valence-electron chi connectivity index (χ0n) is 11.5. The van der Waals surface area contributed by atoms with E-state index in [1.165, 1.54) is 0 Å². The second-order valence-electron chi connectivity index (χ2n) is 5.16. The topological polar surface area (TPSA) is 42.0 Å². The third kappa shape index (κ3) is 6.33. The molecule has 0 aromatic carbocycles. The lowest BCUT2D eigenvalue weighted by Crippen LogP contribution is -2.50. The van der Waals surface area contributed by atoms with Crippen LogP contribution in [0.1, 0.15) is 0 Å². The maximum Gasteiger partial charge on any atom is 0.0791 e. The summed E-state index contributed by atoms with van der Waals surface area (Å²) in [6.07, 6.45) is -0.242. The molecule has 1 unspecified atom stereocenters. The highest BCUT2D eigenvalue weighted by Crippen LogP contribution is 2.02. The molecule has 0 spiro atoms. The Labute approximate surface area is 105 Å². The number of hydrogen-bond acceptors (Lipinski definition) is 5. The van der Waals surface area contributed by atoms with E-state index in [1.54, 1.807) is 0 Å². The summed E-state index contributed by atoms with van der Waals surface area (Å²) in [6.45, 7) is 8.16. The molecular formula is C12H28N4O. The van der Waals surface area contributed by atoms with Gasteiger partial charge in [0, 0.05) is 52.4 Å². The molecule has 0 bridgehead atoms. The smallest absolute Gasteiger partial charge is 0.0791 e. The van der Waals surface area contributed by atoms with Gasteiger partial charge in [-0.05, 0) is 21.1 Å². The van der Waals surface area contributed by atoms with Crippen molar-refractivity contribution in [1.82, 2.24) is 20.0 Å². The summed E-state index contributed by atoms with van der Waals surface area (Å²) in [5.41, 5.74) is 0. The van der Waals surface area contributed by atoms with Crippen LogP contribution in [0.5, 0.6) is 0 Å². The molecule has 1 rings (SSSR count). The molecule has 0 radical (unpaired) electrons. The average Bonchev–Trinajstić information content (AvgIpc) is 2.28. The Morgan fingerprint density at radius 1 is 1.18 bits per heavy atom. The fraction of sp³-hybridized carbons (Fsp3) is 1.00. The first-order valence-corrected chi connectivity index (χ1v) is 6.54. The van der Waals surface area contributed by atoms with Crippen molar-refractivity contribution >= 4 is 0 Å². The van der Waals surface area contributed by atoms with Gasteiger partial charge in [-0.3, -0.25) is 9.80 Å². The number of aliphatic hydroxyl groups excluding tert-OH is 1. The molecule has 0 aromatic heterocycles. The Hall–Kier alpha value is -0.200. The first kappa shape index (κ1) is 14.9. The van der Waals surface area contributed by atoms with Gasteiger partial charge in [0.1, 0.15) is 0 Å². The summed E-state index contributed by atoms with van der Waals surface area (Å²) < 4.78 is 0. The number of nitrogens with zero attached hydrogens (tertiary/aromatic N) is 3. The monoisotopic (exact) mass is 244 g/mol. The zero-order chi connectivity index (χ0) is 12.7. The Balaban J connectivity index is 2.12. The number of likely N-dealkylation sites (N-methyl/N-ethyl adjacent to an activating group) is 2. The van der Waals surface area contributed by atoms with E-state index in [0.29, 0.717) is 6.54 Å². The van der Waals surface area contributed by atoms with Crippen LogP contribution in [0.3, 0.4) is 0 Å². The largest absolute Gasteiger partial charge is 0.390 e. The molecule has 1 fully saturated rings. The van der Waals surface area contributed by atoms with Gasteiger partial charge in [-0.1, -0.05) is 0 Å². The fourth-order valence-corrected chi connectivity index (χ4v) is 2.14. The molecule has 0 aromatic rings. The number of aliphatic hydroxyl groups is 1. The summed E-state index contributed by atoms with van der Waals surface area (Å²) in [6, 6.07) is 0. The van der Waals surface area contributed by atoms with Gasteiger partial charge in [0.25, 0.3) is 0 Å². The quantitative estimate of drug-likeness (QED) is 0.585. The normalized spacial score (nSPS) is 21.0. The van der Waals surface area contributed by atoms with Gasteiger partial charge in [-0.15, -0.1) is 0 Å². The SMILES string of the molecule is CNCC(O)CN1CCN(CCN(C)C)CC1. The van der Waals surface area contributed by atoms with E-state index in [1.807, 2.05) is 7.05 Å². The van der Waals surface area contributed by atoms with Crippen molar-refractivity contribution < 1.29 is 5.11 Å². The number of hydrogen-bond donors (Lipinski definition) is 2. The van der Waals surface area contributed by atoms with E-state index in [-0.39, 0.29) is 6.10 Å². The third-order valence-corrected chi connectivity index (χ3v) is 3.24. The van der Waals surface area contributed by atoms with Crippen LogP contribution in [0.2, 0.25) is 0 Å². The summed E-state index contributed by atoms with van der Waals surface area (Å²) in [7, 11) is 6.11. The van der Waals surface area contributed by atoms with Crippen molar-refractivity contribution in [3.05, 3.63) is 0 Å². The number of nitrogens with one attached hydrogen (secondary N) is 1. The molecule has 5 nitrogen and oxygen atoms in total. The van der Waals surface area contributed by atoms with Gasteiger partial charge in [0.15, 0.2) is 0 Å². The molecule has 1 atom stereocenters. The predicted molar refractivity (Wildman–Crippen MR) is 71.4 cm³/mol. The standard InChI is InChI=1S/C12H28N4O/c1-13-10-12(17)11-16-8-6-15(7-9-16)5-4-14(2)3/h12-13,17H,4-11H2,1-3H3. The highest BCUT2D eigenvalue weighted by molar-refractivity contribution is 4.75. The van der Waals surface area contributed by atoms with Crippen LogP contribution in [0, 0.1) is 0 Å². The van der Waals surface area contributed by atoms with Crippen LogP contribution in [0.15, 0.2) is 0 Å². The van der Waals surface area contributed by atoms with Crippen molar-refractivity contribution in [1.29, 1.82) is 0 Å². The molecule has 1 heterocycles. The molecular weight excluding hydrogens is 216 g/mol. The Kier molecular flexibility index (Phi) is 6.99. The second kappa shape index (κ2) is 8.00. The minimum absolute atomic E-state index is 0.242. The van der Waals surface area contributed by atoms with Gasteiger partial charge in [-0.25, -0.2) is 0 Å². The highest BCUT2D eigenvalue weighted by Gasteiger charge is 2.18. The number of piperazine rings is 1. The molecule has 0 saturated carbocycles. The van der Waals surface area contributed by atoms with E-state index in [0.717, 1.165) is 45.8 Å². The maximum atomic E-state index is 9.72. The van der Waals surface area contributed by atoms with Gasteiger partial charge < -0.3 is 15.3 Å². The van der Waals surface area contributed by atoms with Crippen LogP contribution in [0.25, 0.3) is 0 Å². The molecule has 5 heteroatoms. The zero-order valence-corrected chi connectivity index (χ0v) is 11.5. The van der Waals surface area contributed by atoms with Crippen LogP contribution in [-0.4, -0.2) is 99.4 Å². The Morgan fingerprint density at radius 2 is 1.76 bits per heavy atom. The Bertz CT molecular complexity index is 193. The summed E-state index contributed by atoms with van der Waals surface area (Å²) >= 11 is 0. The lowest BCUT2D eigenvalue weighted by Gasteiger charge is -2.36. The van der Waals surface area contributed by atoms with E-state index < -0.39 is 0 Å². The Morgan fingerprint density at radius 3 is 2.29 bits per heavy atom. The first-order chi connectivity index (χ1) is 8.11. The van der Waals surface area contributed by atoms with Crippen molar-refractivity contribution in [2.75, 3.05) is 73.5 Å². The van der Waals surface area contributed by atoms with Crippen LogP contribution >= 0.6 is 0 Å². The second-order valence-corrected chi connectivity index (χ2v) is 5.16. The van der Waals surface area contributed by atoms with Crippen molar-refractivity contribution in [2.24, 2.45) is 0 Å². The number of β-amino-alcohol motifs (C(OH)–C–C–N with tert-alkyl or cyclic N) is 1. The summed E-state index contributed by atoms with van der Waals surface area (Å²) in [4.78, 5) is 7.08. The van der Waals surface area contributed by atoms with Crippen LogP contribution in [-0.2, 0) is 0 Å². The first-order valence-electron chi connectivity index (χ1n) is 6.54. The van der Waals surface area contributed by atoms with Crippen molar-refractivity contribution in [2.45, 2.75) is 6.10 Å². The molecule has 1 aliphatic heterocycles. The molecule has 17 heavy (non-hydrogen) atoms. The van der Waals surface area contributed by atoms with Crippen LogP contribution in [0.4, 0.5) is 0 Å². The van der Waals surface area contributed by atoms with Crippen LogP contribution < -0.4 is 5.32 Å². The molecule has 0 aliphatic carbocycles. The van der Waals surface area contributed by atoms with Gasteiger partial charge in [-0.2, -0.15) is 0 Å². The van der Waals surface area contributed by atoms with Gasteiger partial charge in [0.2, 0.25) is 0 Å². The molecule has 1 saturated heterocycles. The van der Waals surface area contributed by atoms with Crippen molar-refractivity contribution in [3.8, 4) is 0 Å². The molecule has 1 aliphatic rings. The van der Waals surface area contributed by atoms with E-state index in [4.69, 9.17) is 0 Å². The van der Waals surface area contributed by atoms with Crippen molar-refractivity contribution in [3.63, 3.8) is 0 Å². The molecule has 2 N–H and O–H groups in total. The minimum atomic E-state index is -0.242. The highest BCUT2D eigenvalue weighted by atomic mass is 16.3. The van der Waals surface area contributed by atoms with E-state index in [2.05, 4.69) is 34.1 Å². The van der Waals surface area contributed by atoms with Gasteiger partial charge in [0.05, 0.1) is 6.10 Å². The predicted octanol–water partition coefficient (Wildman–Crippen LogP) is -1.25. The lowest BCUT2D eigenvalue weighted by molar-refractivity contribution is 0.0713. The van der Waals surface area contributed by atoms with E-state index >= 15 is 0 Å². The molecule has 102 valence electrons. The number of rotatable bonds is 7. The summed E-state index contributed by atoms with van der Waals surface area (Å²) in [5.74, 6) is 0. The third-order valence-electron chi connectivity index (χ3n) is 3.24.